The third-order valence-electron chi connectivity index (χ3n) is 6.70. The lowest BCUT2D eigenvalue weighted by molar-refractivity contribution is -0.230. The van der Waals surface area contributed by atoms with Gasteiger partial charge in [-0.2, -0.15) is 0 Å². The highest BCUT2D eigenvalue weighted by molar-refractivity contribution is 5.89. The number of epoxide rings is 2. The topological polar surface area (TPSA) is 88.3 Å². The van der Waals surface area contributed by atoms with Crippen molar-refractivity contribution in [3.63, 3.8) is 0 Å². The van der Waals surface area contributed by atoms with E-state index in [1.54, 1.807) is 24.3 Å². The van der Waals surface area contributed by atoms with Crippen LogP contribution in [0.5, 0.6) is 0 Å². The summed E-state index contributed by atoms with van der Waals surface area (Å²) in [6.45, 7) is 0.499. The monoisotopic (exact) mass is 432 g/mol. The molecule has 0 aromatic heterocycles. The lowest BCUT2D eigenvalue weighted by Crippen LogP contribution is -2.33. The summed E-state index contributed by atoms with van der Waals surface area (Å²) < 4.78 is 40.8. The number of rotatable bonds is 8. The number of fused-ring (bicyclic) bond motifs is 2. The molecule has 0 N–H and O–H groups in total. The molecular formula is C23H28O8. The molecule has 1 aliphatic carbocycles. The summed E-state index contributed by atoms with van der Waals surface area (Å²) in [5, 5.41) is 0. The van der Waals surface area contributed by atoms with E-state index in [1.807, 2.05) is 6.07 Å². The zero-order valence-electron chi connectivity index (χ0n) is 17.3. The molecule has 1 unspecified atom stereocenters. The Morgan fingerprint density at radius 3 is 2.26 bits per heavy atom. The van der Waals surface area contributed by atoms with Crippen molar-refractivity contribution in [1.29, 1.82) is 0 Å². The summed E-state index contributed by atoms with van der Waals surface area (Å²) >= 11 is 0. The SMILES string of the molecule is O=C(OC[C@H]1OC(OC[C@H]2O[C@H](OC3CCCCC3)[C@@H]3O[C@@H]32)[C@@H]2O[C@H]12)c1ccccc1. The van der Waals surface area contributed by atoms with Gasteiger partial charge in [-0.05, 0) is 25.0 Å². The number of carbonyl (C=O) groups is 1. The normalized spacial score (nSPS) is 40.9. The van der Waals surface area contributed by atoms with Crippen molar-refractivity contribution in [2.75, 3.05) is 13.2 Å². The van der Waals surface area contributed by atoms with Crippen LogP contribution < -0.4 is 0 Å². The van der Waals surface area contributed by atoms with Gasteiger partial charge in [0.05, 0.1) is 18.3 Å². The van der Waals surface area contributed by atoms with Gasteiger partial charge >= 0.3 is 5.97 Å². The summed E-state index contributed by atoms with van der Waals surface area (Å²) in [6, 6.07) is 8.91. The van der Waals surface area contributed by atoms with Crippen LogP contribution in [0, 0.1) is 0 Å². The highest BCUT2D eigenvalue weighted by atomic mass is 16.8. The first-order valence-electron chi connectivity index (χ1n) is 11.4. The summed E-state index contributed by atoms with van der Waals surface area (Å²) in [6.07, 6.45) is 4.82. The Bertz CT molecular complexity index is 781. The van der Waals surface area contributed by atoms with E-state index in [1.165, 1.54) is 19.3 Å². The van der Waals surface area contributed by atoms with Crippen molar-refractivity contribution in [2.45, 2.75) is 87.4 Å². The minimum absolute atomic E-state index is 0.0232. The van der Waals surface area contributed by atoms with Gasteiger partial charge in [0, 0.05) is 0 Å². The molecule has 0 spiro atoms. The fraction of sp³-hybridized carbons (Fsp3) is 0.696. The van der Waals surface area contributed by atoms with Crippen LogP contribution in [-0.4, -0.2) is 74.5 Å². The molecule has 0 amide bonds. The highest BCUT2D eigenvalue weighted by Crippen LogP contribution is 2.43. The Kier molecular flexibility index (Phi) is 5.46. The maximum absolute atomic E-state index is 12.1. The minimum atomic E-state index is -0.482. The Morgan fingerprint density at radius 1 is 0.806 bits per heavy atom. The lowest BCUT2D eigenvalue weighted by Gasteiger charge is -2.27. The predicted octanol–water partition coefficient (Wildman–Crippen LogP) is 2.19. The van der Waals surface area contributed by atoms with E-state index in [0.717, 1.165) is 12.8 Å². The molecule has 31 heavy (non-hydrogen) atoms. The summed E-state index contributed by atoms with van der Waals surface area (Å²) in [4.78, 5) is 12.1. The first kappa shape index (κ1) is 20.1. The summed E-state index contributed by atoms with van der Waals surface area (Å²) in [5.74, 6) is -0.369. The quantitative estimate of drug-likeness (QED) is 0.456. The van der Waals surface area contributed by atoms with Crippen molar-refractivity contribution >= 4 is 5.97 Å². The van der Waals surface area contributed by atoms with Crippen molar-refractivity contribution in [1.82, 2.24) is 0 Å². The fourth-order valence-electron chi connectivity index (χ4n) is 4.87. The van der Waals surface area contributed by atoms with Crippen LogP contribution in [0.4, 0.5) is 0 Å². The van der Waals surface area contributed by atoms with Crippen LogP contribution in [0.1, 0.15) is 42.5 Å². The maximum Gasteiger partial charge on any atom is 0.338 e. The molecular weight excluding hydrogens is 404 g/mol. The highest BCUT2D eigenvalue weighted by Gasteiger charge is 2.62. The van der Waals surface area contributed by atoms with E-state index < -0.39 is 6.29 Å². The third kappa shape index (κ3) is 4.25. The number of benzene rings is 1. The van der Waals surface area contributed by atoms with Crippen molar-refractivity contribution < 1.29 is 38.0 Å². The van der Waals surface area contributed by atoms with Crippen molar-refractivity contribution in [2.24, 2.45) is 0 Å². The fourth-order valence-corrected chi connectivity index (χ4v) is 4.87. The van der Waals surface area contributed by atoms with Crippen LogP contribution in [0.2, 0.25) is 0 Å². The average Bonchev–Trinajstić information content (AvgIpc) is 3.72. The van der Waals surface area contributed by atoms with E-state index in [9.17, 15) is 4.79 Å². The van der Waals surface area contributed by atoms with E-state index >= 15 is 0 Å². The average molecular weight is 432 g/mol. The number of hydrogen-bond acceptors (Lipinski definition) is 8. The third-order valence-corrected chi connectivity index (χ3v) is 6.70. The van der Waals surface area contributed by atoms with Gasteiger partial charge < -0.3 is 33.2 Å². The van der Waals surface area contributed by atoms with Gasteiger partial charge in [0.1, 0.15) is 43.2 Å². The second-order valence-electron chi connectivity index (χ2n) is 8.91. The molecule has 5 aliphatic rings. The van der Waals surface area contributed by atoms with Gasteiger partial charge in [0.2, 0.25) is 0 Å². The van der Waals surface area contributed by atoms with Crippen molar-refractivity contribution in [3.8, 4) is 0 Å². The van der Waals surface area contributed by atoms with Crippen LogP contribution in [0.3, 0.4) is 0 Å². The van der Waals surface area contributed by atoms with Gasteiger partial charge in [0.15, 0.2) is 12.6 Å². The maximum atomic E-state index is 12.1. The van der Waals surface area contributed by atoms with Gasteiger partial charge in [-0.25, -0.2) is 4.79 Å². The molecule has 8 nitrogen and oxygen atoms in total. The smallest absolute Gasteiger partial charge is 0.338 e. The van der Waals surface area contributed by atoms with Crippen LogP contribution >= 0.6 is 0 Å². The number of carbonyl (C=O) groups excluding carboxylic acids is 1. The minimum Gasteiger partial charge on any atom is -0.459 e. The zero-order chi connectivity index (χ0) is 20.8. The molecule has 8 atom stereocenters. The zero-order valence-corrected chi connectivity index (χ0v) is 17.3. The molecule has 4 heterocycles. The molecule has 1 aromatic carbocycles. The van der Waals surface area contributed by atoms with Gasteiger partial charge in [-0.3, -0.25) is 0 Å². The lowest BCUT2D eigenvalue weighted by atomic mass is 9.98. The summed E-state index contributed by atoms with van der Waals surface area (Å²) in [5.41, 5.74) is 0.518. The Labute approximate surface area is 181 Å². The number of esters is 1. The van der Waals surface area contributed by atoms with Crippen molar-refractivity contribution in [3.05, 3.63) is 35.9 Å². The number of hydrogen-bond donors (Lipinski definition) is 0. The Hall–Kier alpha value is -1.55. The Morgan fingerprint density at radius 2 is 1.48 bits per heavy atom. The van der Waals surface area contributed by atoms with Gasteiger partial charge in [-0.15, -0.1) is 0 Å². The molecule has 5 fully saturated rings. The van der Waals surface area contributed by atoms with Crippen LogP contribution in [0.25, 0.3) is 0 Å². The standard InChI is InChI=1S/C23H28O8/c24-21(13-7-3-1-4-8-13)25-11-15-17-19(30-17)22(28-15)26-12-16-18-20(31-18)23(29-16)27-14-9-5-2-6-10-14/h1,3-4,7-8,14-20,22-23H,2,5-6,9-12H2/t15-,16-,17-,18-,19-,20-,22?,23+/m1/s1. The molecule has 0 bridgehead atoms. The first-order valence-corrected chi connectivity index (χ1v) is 11.4. The van der Waals surface area contributed by atoms with Crippen LogP contribution in [-0.2, 0) is 33.2 Å². The second kappa shape index (κ2) is 8.42. The molecule has 1 aromatic rings. The molecule has 4 saturated heterocycles. The Balaban J connectivity index is 0.944. The van der Waals surface area contributed by atoms with Crippen LogP contribution in [0.15, 0.2) is 30.3 Å². The molecule has 4 aliphatic heterocycles. The van der Waals surface area contributed by atoms with E-state index in [0.29, 0.717) is 12.2 Å². The molecule has 6 rings (SSSR count). The molecule has 168 valence electrons. The first-order chi connectivity index (χ1) is 15.3. The van der Waals surface area contributed by atoms with E-state index in [-0.39, 0.29) is 61.6 Å². The number of ether oxygens (including phenoxy) is 7. The molecule has 1 saturated carbocycles. The summed E-state index contributed by atoms with van der Waals surface area (Å²) in [7, 11) is 0. The largest absolute Gasteiger partial charge is 0.459 e. The van der Waals surface area contributed by atoms with Gasteiger partial charge in [-0.1, -0.05) is 37.5 Å². The predicted molar refractivity (Wildman–Crippen MR) is 105 cm³/mol. The second-order valence-corrected chi connectivity index (χ2v) is 8.91. The van der Waals surface area contributed by atoms with E-state index in [2.05, 4.69) is 0 Å². The molecule has 0 radical (unpaired) electrons. The van der Waals surface area contributed by atoms with E-state index in [4.69, 9.17) is 33.2 Å². The van der Waals surface area contributed by atoms with Gasteiger partial charge in [0.25, 0.3) is 0 Å². The molecule has 8 heteroatoms.